The summed E-state index contributed by atoms with van der Waals surface area (Å²) in [4.78, 5) is 37.1. The van der Waals surface area contributed by atoms with Crippen LogP contribution in [0.15, 0.2) is 36.0 Å². The number of pyridine rings is 1. The summed E-state index contributed by atoms with van der Waals surface area (Å²) in [5.41, 5.74) is 0.0719. The van der Waals surface area contributed by atoms with Gasteiger partial charge in [-0.2, -0.15) is 0 Å². The summed E-state index contributed by atoms with van der Waals surface area (Å²) in [7, 11) is 0. The van der Waals surface area contributed by atoms with Gasteiger partial charge in [0.15, 0.2) is 0 Å². The molecule has 106 valence electrons. The average Bonchev–Trinajstić information content (AvgIpc) is 2.43. The molecular weight excluding hydrogens is 282 g/mol. The summed E-state index contributed by atoms with van der Waals surface area (Å²) in [5.74, 6) is -1.53. The molecule has 0 atom stereocenters. The van der Waals surface area contributed by atoms with Gasteiger partial charge in [-0.05, 0) is 12.1 Å². The number of carboxylic acids is 1. The van der Waals surface area contributed by atoms with Crippen molar-refractivity contribution in [2.75, 3.05) is 12.3 Å². The second-order valence-electron chi connectivity index (χ2n) is 3.53. The highest BCUT2D eigenvalue weighted by Gasteiger charge is 2.08. The van der Waals surface area contributed by atoms with Crippen LogP contribution < -0.4 is 10.6 Å². The van der Waals surface area contributed by atoms with Crippen LogP contribution in [0.5, 0.6) is 0 Å². The smallest absolute Gasteiger partial charge is 0.337 e. The number of urea groups is 1. The Bertz CT molecular complexity index is 516. The molecule has 0 fully saturated rings. The van der Waals surface area contributed by atoms with Crippen molar-refractivity contribution >= 4 is 29.7 Å². The van der Waals surface area contributed by atoms with Crippen molar-refractivity contribution < 1.29 is 19.5 Å². The Balaban J connectivity index is 2.38. The van der Waals surface area contributed by atoms with Gasteiger partial charge >= 0.3 is 12.0 Å². The van der Waals surface area contributed by atoms with E-state index >= 15 is 0 Å². The Morgan fingerprint density at radius 2 is 2.15 bits per heavy atom. The number of carboxylic acid groups (broad SMARTS) is 1. The molecule has 0 saturated carbocycles. The van der Waals surface area contributed by atoms with Crippen molar-refractivity contribution in [3.8, 4) is 0 Å². The number of rotatable bonds is 6. The molecule has 0 saturated heterocycles. The third-order valence-electron chi connectivity index (χ3n) is 1.99. The van der Waals surface area contributed by atoms with E-state index in [-0.39, 0.29) is 17.9 Å². The van der Waals surface area contributed by atoms with Crippen LogP contribution >= 0.6 is 11.8 Å². The summed E-state index contributed by atoms with van der Waals surface area (Å²) in [6.07, 6.45) is 2.70. The molecule has 0 aliphatic heterocycles. The predicted octanol–water partition coefficient (Wildman–Crippen LogP) is 0.884. The fraction of sp³-hybridized carbons (Fsp3) is 0.167. The second-order valence-corrected chi connectivity index (χ2v) is 4.52. The number of hydrogen-bond donors (Lipinski definition) is 3. The zero-order chi connectivity index (χ0) is 15.0. The first-order valence-electron chi connectivity index (χ1n) is 5.53. The Kier molecular flexibility index (Phi) is 6.24. The van der Waals surface area contributed by atoms with Crippen LogP contribution in [0.3, 0.4) is 0 Å². The van der Waals surface area contributed by atoms with Crippen molar-refractivity contribution in [2.24, 2.45) is 0 Å². The molecule has 0 radical (unpaired) electrons. The molecule has 7 nitrogen and oxygen atoms in total. The lowest BCUT2D eigenvalue weighted by Crippen LogP contribution is -2.40. The lowest BCUT2D eigenvalue weighted by atomic mass is 10.3. The summed E-state index contributed by atoms with van der Waals surface area (Å²) < 4.78 is 0. The first kappa shape index (κ1) is 15.7. The maximum absolute atomic E-state index is 11.4. The van der Waals surface area contributed by atoms with Gasteiger partial charge in [-0.1, -0.05) is 17.8 Å². The summed E-state index contributed by atoms with van der Waals surface area (Å²) in [6.45, 7) is 3.69. The molecule has 0 aliphatic rings. The number of aromatic carboxylic acids is 1. The molecule has 3 amide bonds. The molecule has 0 bridgehead atoms. The molecule has 8 heteroatoms. The van der Waals surface area contributed by atoms with E-state index in [1.807, 2.05) is 0 Å². The van der Waals surface area contributed by atoms with Crippen LogP contribution in [0.25, 0.3) is 0 Å². The van der Waals surface area contributed by atoms with Crippen molar-refractivity contribution in [3.05, 3.63) is 36.5 Å². The largest absolute Gasteiger partial charge is 0.478 e. The minimum atomic E-state index is -1.06. The van der Waals surface area contributed by atoms with Gasteiger partial charge in [0, 0.05) is 12.7 Å². The van der Waals surface area contributed by atoms with E-state index in [1.54, 1.807) is 0 Å². The van der Waals surface area contributed by atoms with Crippen LogP contribution in [-0.2, 0) is 4.79 Å². The van der Waals surface area contributed by atoms with E-state index in [2.05, 4.69) is 22.2 Å². The number of carbonyl (C=O) groups is 3. The summed E-state index contributed by atoms with van der Waals surface area (Å²) in [6, 6.07) is 2.30. The first-order chi connectivity index (χ1) is 9.52. The Labute approximate surface area is 119 Å². The normalized spacial score (nSPS) is 9.60. The lowest BCUT2D eigenvalue weighted by molar-refractivity contribution is -0.117. The number of carbonyl (C=O) groups excluding carboxylic acids is 2. The van der Waals surface area contributed by atoms with Crippen molar-refractivity contribution in [1.29, 1.82) is 0 Å². The molecule has 0 unspecified atom stereocenters. The zero-order valence-electron chi connectivity index (χ0n) is 10.5. The quantitative estimate of drug-likeness (QED) is 0.531. The minimum Gasteiger partial charge on any atom is -0.478 e. The maximum atomic E-state index is 11.4. The predicted molar refractivity (Wildman–Crippen MR) is 73.7 cm³/mol. The van der Waals surface area contributed by atoms with E-state index in [9.17, 15) is 14.4 Å². The van der Waals surface area contributed by atoms with E-state index in [4.69, 9.17) is 5.11 Å². The molecule has 0 spiro atoms. The number of hydrogen-bond acceptors (Lipinski definition) is 5. The van der Waals surface area contributed by atoms with Gasteiger partial charge in [0.25, 0.3) is 0 Å². The molecule has 1 aromatic rings. The van der Waals surface area contributed by atoms with E-state index < -0.39 is 17.9 Å². The van der Waals surface area contributed by atoms with Gasteiger partial charge in [0.05, 0.1) is 16.3 Å². The SMILES string of the molecule is C=CCNC(=O)NC(=O)CSc1ccc(C(=O)O)cn1. The highest BCUT2D eigenvalue weighted by Crippen LogP contribution is 2.14. The second kappa shape index (κ2) is 7.95. The fourth-order valence-electron chi connectivity index (χ4n) is 1.10. The van der Waals surface area contributed by atoms with Gasteiger partial charge in [-0.25, -0.2) is 14.6 Å². The zero-order valence-corrected chi connectivity index (χ0v) is 11.3. The Morgan fingerprint density at radius 3 is 2.70 bits per heavy atom. The molecule has 3 N–H and O–H groups in total. The van der Waals surface area contributed by atoms with Gasteiger partial charge in [-0.15, -0.1) is 6.58 Å². The lowest BCUT2D eigenvalue weighted by Gasteiger charge is -2.04. The number of nitrogens with zero attached hydrogens (tertiary/aromatic N) is 1. The van der Waals surface area contributed by atoms with Gasteiger partial charge < -0.3 is 10.4 Å². The molecule has 0 aromatic carbocycles. The Hall–Kier alpha value is -2.35. The number of amides is 3. The summed E-state index contributed by atoms with van der Waals surface area (Å²) >= 11 is 1.10. The number of nitrogens with one attached hydrogen (secondary N) is 2. The average molecular weight is 295 g/mol. The first-order valence-corrected chi connectivity index (χ1v) is 6.52. The van der Waals surface area contributed by atoms with Crippen molar-refractivity contribution in [3.63, 3.8) is 0 Å². The van der Waals surface area contributed by atoms with Crippen LogP contribution in [0, 0.1) is 0 Å². The van der Waals surface area contributed by atoms with Gasteiger partial charge in [-0.3, -0.25) is 10.1 Å². The fourth-order valence-corrected chi connectivity index (χ4v) is 1.75. The maximum Gasteiger partial charge on any atom is 0.337 e. The van der Waals surface area contributed by atoms with Gasteiger partial charge in [0.2, 0.25) is 5.91 Å². The van der Waals surface area contributed by atoms with E-state index in [1.165, 1.54) is 24.4 Å². The molecule has 0 aliphatic carbocycles. The number of imide groups is 1. The standard InChI is InChI=1S/C12H13N3O4S/c1-2-5-13-12(19)15-9(16)7-20-10-4-3-8(6-14-10)11(17)18/h2-4,6H,1,5,7H2,(H,17,18)(H2,13,15,16,19). The molecule has 20 heavy (non-hydrogen) atoms. The van der Waals surface area contributed by atoms with Crippen LogP contribution in [-0.4, -0.2) is 40.3 Å². The van der Waals surface area contributed by atoms with E-state index in [0.29, 0.717) is 5.03 Å². The van der Waals surface area contributed by atoms with Crippen LogP contribution in [0.1, 0.15) is 10.4 Å². The minimum absolute atomic E-state index is 0.000920. The van der Waals surface area contributed by atoms with E-state index in [0.717, 1.165) is 11.8 Å². The number of aromatic nitrogens is 1. The van der Waals surface area contributed by atoms with Crippen molar-refractivity contribution in [1.82, 2.24) is 15.6 Å². The monoisotopic (exact) mass is 295 g/mol. The molecule has 1 aromatic heterocycles. The van der Waals surface area contributed by atoms with Crippen LogP contribution in [0.2, 0.25) is 0 Å². The van der Waals surface area contributed by atoms with Crippen LogP contribution in [0.4, 0.5) is 4.79 Å². The molecule has 1 heterocycles. The Morgan fingerprint density at radius 1 is 1.40 bits per heavy atom. The topological polar surface area (TPSA) is 108 Å². The third kappa shape index (κ3) is 5.53. The molecule has 1 rings (SSSR count). The van der Waals surface area contributed by atoms with Crippen molar-refractivity contribution in [2.45, 2.75) is 5.03 Å². The molecular formula is C12H13N3O4S. The highest BCUT2D eigenvalue weighted by atomic mass is 32.2. The summed E-state index contributed by atoms with van der Waals surface area (Å²) in [5, 5.41) is 13.7. The number of thioether (sulfide) groups is 1. The van der Waals surface area contributed by atoms with Gasteiger partial charge in [0.1, 0.15) is 0 Å². The third-order valence-corrected chi connectivity index (χ3v) is 2.94. The highest BCUT2D eigenvalue weighted by molar-refractivity contribution is 7.99.